The highest BCUT2D eigenvalue weighted by Gasteiger charge is 2.25. The Labute approximate surface area is 74.3 Å². The van der Waals surface area contributed by atoms with Crippen LogP contribution in [0.2, 0.25) is 0 Å². The zero-order chi connectivity index (χ0) is 8.97. The number of hydrogen-bond donors (Lipinski definition) is 0. The van der Waals surface area contributed by atoms with E-state index in [0.717, 1.165) is 5.92 Å². The minimum atomic E-state index is -0.0174. The summed E-state index contributed by atoms with van der Waals surface area (Å²) in [5.74, 6) is 1.29. The largest absolute Gasteiger partial charge is 0.466 e. The number of ether oxygens (including phenoxy) is 1. The van der Waals surface area contributed by atoms with E-state index >= 15 is 0 Å². The Hall–Kier alpha value is -0.530. The van der Waals surface area contributed by atoms with Gasteiger partial charge in [-0.05, 0) is 25.2 Å². The van der Waals surface area contributed by atoms with E-state index in [9.17, 15) is 4.79 Å². The number of esters is 1. The molecule has 12 heavy (non-hydrogen) atoms. The van der Waals surface area contributed by atoms with Crippen molar-refractivity contribution in [1.82, 2.24) is 0 Å². The zero-order valence-corrected chi connectivity index (χ0v) is 8.01. The van der Waals surface area contributed by atoms with Crippen LogP contribution in [0.25, 0.3) is 0 Å². The maximum Gasteiger partial charge on any atom is 0.306 e. The molecule has 70 valence electrons. The van der Waals surface area contributed by atoms with Gasteiger partial charge in [0.1, 0.15) is 0 Å². The second kappa shape index (κ2) is 4.48. The van der Waals surface area contributed by atoms with E-state index in [-0.39, 0.29) is 5.97 Å². The summed E-state index contributed by atoms with van der Waals surface area (Å²) in [6.45, 7) is 4.60. The molecule has 1 rings (SSSR count). The summed E-state index contributed by atoms with van der Waals surface area (Å²) in [5.41, 5.74) is 0. The molecule has 2 nitrogen and oxygen atoms in total. The first kappa shape index (κ1) is 9.56. The molecule has 2 heteroatoms. The maximum atomic E-state index is 11.1. The molecule has 0 aromatic heterocycles. The van der Waals surface area contributed by atoms with E-state index in [1.807, 2.05) is 6.92 Å². The summed E-state index contributed by atoms with van der Waals surface area (Å²) in [4.78, 5) is 11.1. The topological polar surface area (TPSA) is 26.3 Å². The molecule has 1 aliphatic carbocycles. The van der Waals surface area contributed by atoms with Gasteiger partial charge in [-0.25, -0.2) is 0 Å². The second-order valence-electron chi connectivity index (χ2n) is 3.68. The summed E-state index contributed by atoms with van der Waals surface area (Å²) in [5, 5.41) is 0. The van der Waals surface area contributed by atoms with Crippen molar-refractivity contribution in [2.45, 2.75) is 39.5 Å². The second-order valence-corrected chi connectivity index (χ2v) is 3.68. The van der Waals surface area contributed by atoms with Gasteiger partial charge in [-0.15, -0.1) is 0 Å². The van der Waals surface area contributed by atoms with Gasteiger partial charge >= 0.3 is 5.97 Å². The van der Waals surface area contributed by atoms with Crippen LogP contribution in [0.3, 0.4) is 0 Å². The lowest BCUT2D eigenvalue weighted by molar-refractivity contribution is -0.144. The molecule has 0 heterocycles. The SMILES string of the molecule is CCOC(=O)C[C@@H]1CCC[C@H]1C. The van der Waals surface area contributed by atoms with E-state index in [4.69, 9.17) is 4.74 Å². The van der Waals surface area contributed by atoms with Gasteiger partial charge in [0.25, 0.3) is 0 Å². The van der Waals surface area contributed by atoms with Gasteiger partial charge in [-0.2, -0.15) is 0 Å². The monoisotopic (exact) mass is 170 g/mol. The van der Waals surface area contributed by atoms with Crippen molar-refractivity contribution in [3.63, 3.8) is 0 Å². The van der Waals surface area contributed by atoms with Crippen molar-refractivity contribution in [2.24, 2.45) is 11.8 Å². The molecule has 1 fully saturated rings. The quantitative estimate of drug-likeness (QED) is 0.608. The fraction of sp³-hybridized carbons (Fsp3) is 0.900. The van der Waals surface area contributed by atoms with Gasteiger partial charge in [-0.1, -0.05) is 19.8 Å². The Morgan fingerprint density at radius 3 is 2.75 bits per heavy atom. The van der Waals surface area contributed by atoms with E-state index in [1.165, 1.54) is 19.3 Å². The third kappa shape index (κ3) is 2.50. The summed E-state index contributed by atoms with van der Waals surface area (Å²) < 4.78 is 4.91. The van der Waals surface area contributed by atoms with Gasteiger partial charge in [0.2, 0.25) is 0 Å². The number of carbonyl (C=O) groups excluding carboxylic acids is 1. The normalized spacial score (nSPS) is 28.8. The molecule has 0 amide bonds. The van der Waals surface area contributed by atoms with Crippen molar-refractivity contribution in [3.8, 4) is 0 Å². The van der Waals surface area contributed by atoms with Crippen LogP contribution in [-0.4, -0.2) is 12.6 Å². The highest BCUT2D eigenvalue weighted by Crippen LogP contribution is 2.33. The fourth-order valence-corrected chi connectivity index (χ4v) is 1.96. The highest BCUT2D eigenvalue weighted by atomic mass is 16.5. The molecular formula is C10H18O2. The first-order valence-corrected chi connectivity index (χ1v) is 4.89. The molecule has 1 aliphatic rings. The summed E-state index contributed by atoms with van der Waals surface area (Å²) in [6, 6.07) is 0. The van der Waals surface area contributed by atoms with Gasteiger partial charge in [0.15, 0.2) is 0 Å². The van der Waals surface area contributed by atoms with Gasteiger partial charge < -0.3 is 4.74 Å². The molecule has 0 N–H and O–H groups in total. The molecule has 0 spiro atoms. The predicted octanol–water partition coefficient (Wildman–Crippen LogP) is 2.38. The first-order valence-electron chi connectivity index (χ1n) is 4.89. The van der Waals surface area contributed by atoms with Gasteiger partial charge in [0, 0.05) is 6.42 Å². The average Bonchev–Trinajstić information content (AvgIpc) is 2.37. The molecule has 0 aromatic rings. The molecule has 0 aliphatic heterocycles. The first-order chi connectivity index (χ1) is 5.74. The van der Waals surface area contributed by atoms with E-state index in [1.54, 1.807) is 0 Å². The molecule has 0 aromatic carbocycles. The Balaban J connectivity index is 2.25. The Morgan fingerprint density at radius 2 is 2.25 bits per heavy atom. The van der Waals surface area contributed by atoms with E-state index < -0.39 is 0 Å². The maximum absolute atomic E-state index is 11.1. The van der Waals surface area contributed by atoms with Crippen LogP contribution in [0, 0.1) is 11.8 Å². The Kier molecular flexibility index (Phi) is 3.57. The smallest absolute Gasteiger partial charge is 0.306 e. The Morgan fingerprint density at radius 1 is 1.50 bits per heavy atom. The van der Waals surface area contributed by atoms with Crippen molar-refractivity contribution in [2.75, 3.05) is 6.61 Å². The van der Waals surface area contributed by atoms with Crippen LogP contribution in [0.15, 0.2) is 0 Å². The lowest BCUT2D eigenvalue weighted by atomic mass is 9.95. The van der Waals surface area contributed by atoms with Crippen molar-refractivity contribution in [3.05, 3.63) is 0 Å². The zero-order valence-electron chi connectivity index (χ0n) is 8.01. The van der Waals surface area contributed by atoms with Crippen LogP contribution in [0.1, 0.15) is 39.5 Å². The average molecular weight is 170 g/mol. The van der Waals surface area contributed by atoms with Gasteiger partial charge in [0.05, 0.1) is 6.61 Å². The van der Waals surface area contributed by atoms with Crippen LogP contribution in [0.4, 0.5) is 0 Å². The van der Waals surface area contributed by atoms with Crippen LogP contribution >= 0.6 is 0 Å². The number of carbonyl (C=O) groups is 1. The fourth-order valence-electron chi connectivity index (χ4n) is 1.96. The molecule has 0 bridgehead atoms. The number of hydrogen-bond acceptors (Lipinski definition) is 2. The summed E-state index contributed by atoms with van der Waals surface area (Å²) in [7, 11) is 0. The summed E-state index contributed by atoms with van der Waals surface area (Å²) >= 11 is 0. The lowest BCUT2D eigenvalue weighted by Gasteiger charge is -2.13. The van der Waals surface area contributed by atoms with E-state index in [0.29, 0.717) is 18.9 Å². The Bertz CT molecular complexity index is 154. The van der Waals surface area contributed by atoms with E-state index in [2.05, 4.69) is 6.92 Å². The standard InChI is InChI=1S/C10H18O2/c1-3-12-10(11)7-9-6-4-5-8(9)2/h8-9H,3-7H2,1-2H3/t8-,9+/m1/s1. The molecule has 0 unspecified atom stereocenters. The van der Waals surface area contributed by atoms with Crippen molar-refractivity contribution >= 4 is 5.97 Å². The predicted molar refractivity (Wildman–Crippen MR) is 47.8 cm³/mol. The van der Waals surface area contributed by atoms with Crippen LogP contribution < -0.4 is 0 Å². The highest BCUT2D eigenvalue weighted by molar-refractivity contribution is 5.69. The lowest BCUT2D eigenvalue weighted by Crippen LogP contribution is -2.13. The van der Waals surface area contributed by atoms with Crippen molar-refractivity contribution < 1.29 is 9.53 Å². The molecule has 1 saturated carbocycles. The molecular weight excluding hydrogens is 152 g/mol. The number of rotatable bonds is 3. The molecule has 0 saturated heterocycles. The van der Waals surface area contributed by atoms with Gasteiger partial charge in [-0.3, -0.25) is 4.79 Å². The molecule has 0 radical (unpaired) electrons. The third-order valence-corrected chi connectivity index (χ3v) is 2.77. The molecule has 2 atom stereocenters. The minimum Gasteiger partial charge on any atom is -0.466 e. The summed E-state index contributed by atoms with van der Waals surface area (Å²) in [6.07, 6.45) is 4.41. The minimum absolute atomic E-state index is 0.0174. The third-order valence-electron chi connectivity index (χ3n) is 2.77. The van der Waals surface area contributed by atoms with Crippen LogP contribution in [0.5, 0.6) is 0 Å². The van der Waals surface area contributed by atoms with Crippen molar-refractivity contribution in [1.29, 1.82) is 0 Å². The van der Waals surface area contributed by atoms with Crippen LogP contribution in [-0.2, 0) is 9.53 Å².